The van der Waals surface area contributed by atoms with Crippen LogP contribution in [0, 0.1) is 0 Å². The zero-order valence-corrected chi connectivity index (χ0v) is 6.07. The molecule has 0 aliphatic heterocycles. The molecule has 0 spiro atoms. The zero-order valence-electron chi connectivity index (χ0n) is 5.32. The van der Waals surface area contributed by atoms with Crippen molar-refractivity contribution in [3.05, 3.63) is 0 Å². The van der Waals surface area contributed by atoms with Gasteiger partial charge in [0, 0.05) is 6.42 Å². The Hall–Kier alpha value is -0.370. The van der Waals surface area contributed by atoms with Crippen molar-refractivity contribution in [3.63, 3.8) is 0 Å². The minimum absolute atomic E-state index is 0.182. The second kappa shape index (κ2) is 4.50. The lowest BCUT2D eigenvalue weighted by Crippen LogP contribution is -2.13. The third-order valence-electron chi connectivity index (χ3n) is 0.909. The summed E-state index contributed by atoms with van der Waals surface area (Å²) in [6.07, 6.45) is 1.03. The van der Waals surface area contributed by atoms with Gasteiger partial charge in [-0.3, -0.25) is 9.59 Å². The van der Waals surface area contributed by atoms with Gasteiger partial charge < -0.3 is 0 Å². The molecule has 0 aliphatic carbocycles. The number of Topliss-reactive ketones (excluding diaryl/α,β-unsaturated/α-hetero) is 2. The fourth-order valence-electron chi connectivity index (χ4n) is 0.441. The van der Waals surface area contributed by atoms with Gasteiger partial charge in [-0.1, -0.05) is 6.92 Å². The van der Waals surface area contributed by atoms with E-state index in [1.165, 1.54) is 0 Å². The van der Waals surface area contributed by atoms with Crippen LogP contribution in [0.4, 0.5) is 0 Å². The van der Waals surface area contributed by atoms with Gasteiger partial charge in [0.25, 0.3) is 0 Å². The molecule has 0 N–H and O–H groups in total. The molecule has 0 amide bonds. The second-order valence-corrected chi connectivity index (χ2v) is 2.00. The molecule has 0 heterocycles. The molecule has 0 saturated carbocycles. The number of ketones is 2. The lowest BCUT2D eigenvalue weighted by molar-refractivity contribution is -0.135. The molecule has 9 heavy (non-hydrogen) atoms. The van der Waals surface area contributed by atoms with E-state index in [9.17, 15) is 9.59 Å². The van der Waals surface area contributed by atoms with Gasteiger partial charge in [-0.15, -0.1) is 11.6 Å². The molecule has 2 nitrogen and oxygen atoms in total. The molecule has 0 atom stereocenters. The van der Waals surface area contributed by atoms with E-state index in [4.69, 9.17) is 11.6 Å². The number of rotatable bonds is 4. The predicted molar refractivity (Wildman–Crippen MR) is 35.6 cm³/mol. The Bertz CT molecular complexity index is 120. The monoisotopic (exact) mass is 148 g/mol. The Morgan fingerprint density at radius 2 is 1.89 bits per heavy atom. The van der Waals surface area contributed by atoms with Gasteiger partial charge in [0.15, 0.2) is 5.78 Å². The van der Waals surface area contributed by atoms with E-state index in [1.54, 1.807) is 0 Å². The van der Waals surface area contributed by atoms with Crippen LogP contribution in [0.5, 0.6) is 0 Å². The summed E-state index contributed by atoms with van der Waals surface area (Å²) in [7, 11) is 0. The summed E-state index contributed by atoms with van der Waals surface area (Å²) in [5.41, 5.74) is 0. The standard InChI is InChI=1S/C6H9ClO2/c1-2-3-5(8)6(9)4-7/h2-4H2,1H3. The molecule has 0 aromatic rings. The second-order valence-electron chi connectivity index (χ2n) is 1.73. The quantitative estimate of drug-likeness (QED) is 0.443. The molecule has 52 valence electrons. The first-order chi connectivity index (χ1) is 4.22. The summed E-state index contributed by atoms with van der Waals surface area (Å²) in [5, 5.41) is 0. The predicted octanol–water partition coefficient (Wildman–Crippen LogP) is 1.16. The van der Waals surface area contributed by atoms with Crippen LogP contribution in [0.1, 0.15) is 19.8 Å². The van der Waals surface area contributed by atoms with Crippen molar-refractivity contribution in [2.24, 2.45) is 0 Å². The average molecular weight is 149 g/mol. The van der Waals surface area contributed by atoms with Crippen molar-refractivity contribution in [1.29, 1.82) is 0 Å². The first kappa shape index (κ1) is 8.63. The molecule has 0 saturated heterocycles. The molecule has 0 bridgehead atoms. The molecular weight excluding hydrogens is 140 g/mol. The van der Waals surface area contributed by atoms with Gasteiger partial charge >= 0.3 is 0 Å². The first-order valence-electron chi connectivity index (χ1n) is 2.84. The van der Waals surface area contributed by atoms with E-state index >= 15 is 0 Å². The molecule has 0 aromatic carbocycles. The van der Waals surface area contributed by atoms with E-state index < -0.39 is 5.78 Å². The van der Waals surface area contributed by atoms with Crippen LogP contribution in [0.3, 0.4) is 0 Å². The third kappa shape index (κ3) is 3.25. The number of halogens is 1. The van der Waals surface area contributed by atoms with Crippen molar-refractivity contribution in [2.45, 2.75) is 19.8 Å². The molecule has 0 aromatic heterocycles. The Kier molecular flexibility index (Phi) is 4.32. The Morgan fingerprint density at radius 1 is 1.33 bits per heavy atom. The van der Waals surface area contributed by atoms with Gasteiger partial charge in [-0.05, 0) is 6.42 Å². The highest BCUT2D eigenvalue weighted by atomic mass is 35.5. The van der Waals surface area contributed by atoms with Crippen LogP contribution in [-0.4, -0.2) is 17.4 Å². The minimum atomic E-state index is -0.474. The Balaban J connectivity index is 3.60. The topological polar surface area (TPSA) is 34.1 Å². The highest BCUT2D eigenvalue weighted by Gasteiger charge is 2.09. The van der Waals surface area contributed by atoms with E-state index in [0.717, 1.165) is 0 Å². The number of alkyl halides is 1. The summed E-state index contributed by atoms with van der Waals surface area (Å²) >= 11 is 5.11. The molecule has 0 unspecified atom stereocenters. The zero-order chi connectivity index (χ0) is 7.28. The van der Waals surface area contributed by atoms with Crippen LogP contribution in [0.25, 0.3) is 0 Å². The van der Waals surface area contributed by atoms with Crippen LogP contribution >= 0.6 is 11.6 Å². The van der Waals surface area contributed by atoms with Crippen molar-refractivity contribution in [3.8, 4) is 0 Å². The highest BCUT2D eigenvalue weighted by molar-refractivity contribution is 6.47. The SMILES string of the molecule is CCCC(=O)C(=O)CCl. The summed E-state index contributed by atoms with van der Waals surface area (Å²) < 4.78 is 0. The van der Waals surface area contributed by atoms with Gasteiger partial charge in [-0.2, -0.15) is 0 Å². The maximum atomic E-state index is 10.5. The number of carbonyl (C=O) groups is 2. The van der Waals surface area contributed by atoms with Gasteiger partial charge in [0.1, 0.15) is 0 Å². The average Bonchev–Trinajstić information content (AvgIpc) is 1.87. The maximum absolute atomic E-state index is 10.5. The molecule has 0 rings (SSSR count). The molecule has 0 aliphatic rings. The molecule has 3 heteroatoms. The summed E-state index contributed by atoms with van der Waals surface area (Å²) in [5.74, 6) is -1.01. The van der Waals surface area contributed by atoms with Crippen LogP contribution in [0.2, 0.25) is 0 Å². The maximum Gasteiger partial charge on any atom is 0.213 e. The number of hydrogen-bond acceptors (Lipinski definition) is 2. The number of hydrogen-bond donors (Lipinski definition) is 0. The van der Waals surface area contributed by atoms with Crippen molar-refractivity contribution < 1.29 is 9.59 Å². The largest absolute Gasteiger partial charge is 0.291 e. The van der Waals surface area contributed by atoms with Crippen LogP contribution in [-0.2, 0) is 9.59 Å². The van der Waals surface area contributed by atoms with E-state index in [-0.39, 0.29) is 11.7 Å². The summed E-state index contributed by atoms with van der Waals surface area (Å²) in [4.78, 5) is 21.0. The van der Waals surface area contributed by atoms with Gasteiger partial charge in [0.05, 0.1) is 5.88 Å². The molecular formula is C6H9ClO2. The van der Waals surface area contributed by atoms with Crippen molar-refractivity contribution in [2.75, 3.05) is 5.88 Å². The van der Waals surface area contributed by atoms with Crippen LogP contribution < -0.4 is 0 Å². The summed E-state index contributed by atoms with van der Waals surface area (Å²) in [6, 6.07) is 0. The lowest BCUT2D eigenvalue weighted by Gasteiger charge is -1.90. The lowest BCUT2D eigenvalue weighted by atomic mass is 10.2. The van der Waals surface area contributed by atoms with Gasteiger partial charge in [-0.25, -0.2) is 0 Å². The number of carbonyl (C=O) groups excluding carboxylic acids is 2. The normalized spacial score (nSPS) is 9.11. The first-order valence-corrected chi connectivity index (χ1v) is 3.37. The third-order valence-corrected chi connectivity index (χ3v) is 1.15. The van der Waals surface area contributed by atoms with Crippen LogP contribution in [0.15, 0.2) is 0 Å². The van der Waals surface area contributed by atoms with Crippen molar-refractivity contribution in [1.82, 2.24) is 0 Å². The Morgan fingerprint density at radius 3 is 2.22 bits per heavy atom. The fourth-order valence-corrected chi connectivity index (χ4v) is 0.590. The minimum Gasteiger partial charge on any atom is -0.291 e. The fraction of sp³-hybridized carbons (Fsp3) is 0.667. The Labute approximate surface area is 59.2 Å². The smallest absolute Gasteiger partial charge is 0.213 e. The van der Waals surface area contributed by atoms with E-state index in [2.05, 4.69) is 0 Å². The molecule has 0 fully saturated rings. The summed E-state index contributed by atoms with van der Waals surface area (Å²) in [6.45, 7) is 1.85. The van der Waals surface area contributed by atoms with Crippen molar-refractivity contribution >= 4 is 23.2 Å². The van der Waals surface area contributed by atoms with E-state index in [0.29, 0.717) is 12.8 Å². The van der Waals surface area contributed by atoms with E-state index in [1.807, 2.05) is 6.92 Å². The molecule has 0 radical (unpaired) electrons. The highest BCUT2D eigenvalue weighted by Crippen LogP contribution is 1.91. The van der Waals surface area contributed by atoms with Gasteiger partial charge in [0.2, 0.25) is 5.78 Å².